The molecule has 0 saturated carbocycles. The van der Waals surface area contributed by atoms with E-state index in [1.54, 1.807) is 4.90 Å². The van der Waals surface area contributed by atoms with Gasteiger partial charge in [0, 0.05) is 25.6 Å². The van der Waals surface area contributed by atoms with Crippen LogP contribution in [0.3, 0.4) is 0 Å². The maximum Gasteiger partial charge on any atom is 0.223 e. The minimum atomic E-state index is -3.10. The van der Waals surface area contributed by atoms with Crippen LogP contribution < -0.4 is 5.73 Å². The van der Waals surface area contributed by atoms with Gasteiger partial charge in [-0.15, -0.1) is 12.4 Å². The van der Waals surface area contributed by atoms with E-state index in [1.807, 2.05) is 13.8 Å². The first-order valence-corrected chi connectivity index (χ1v) is 7.86. The van der Waals surface area contributed by atoms with Crippen molar-refractivity contribution in [1.82, 2.24) is 4.90 Å². The van der Waals surface area contributed by atoms with Crippen molar-refractivity contribution in [3.63, 3.8) is 0 Å². The summed E-state index contributed by atoms with van der Waals surface area (Å²) in [6.45, 7) is 4.94. The zero-order chi connectivity index (χ0) is 13.1. The smallest absolute Gasteiger partial charge is 0.223 e. The van der Waals surface area contributed by atoms with Crippen molar-refractivity contribution in [2.45, 2.75) is 32.7 Å². The quantitative estimate of drug-likeness (QED) is 0.798. The normalized spacial score (nSPS) is 20.0. The third-order valence-electron chi connectivity index (χ3n) is 2.79. The standard InChI is InChI=1S/C11H22N2O3S.ClH/c1-9(2)8-17(15,16)6-4-11(14)13-5-3-10(12)7-13;/h9-10H,3-8,12H2,1-2H3;1H/t10-;/m1./s1. The monoisotopic (exact) mass is 298 g/mol. The molecule has 7 heteroatoms. The average molecular weight is 299 g/mol. The Balaban J connectivity index is 0.00000289. The molecule has 1 atom stereocenters. The highest BCUT2D eigenvalue weighted by Gasteiger charge is 2.24. The summed E-state index contributed by atoms with van der Waals surface area (Å²) in [6.07, 6.45) is 0.895. The third kappa shape index (κ3) is 6.02. The maximum atomic E-state index is 11.7. The van der Waals surface area contributed by atoms with Crippen LogP contribution >= 0.6 is 12.4 Å². The Morgan fingerprint density at radius 1 is 1.44 bits per heavy atom. The number of nitrogens with zero attached hydrogens (tertiary/aromatic N) is 1. The van der Waals surface area contributed by atoms with Crippen LogP contribution in [-0.2, 0) is 14.6 Å². The first kappa shape index (κ1) is 17.7. The number of halogens is 1. The second-order valence-electron chi connectivity index (χ2n) is 5.15. The Morgan fingerprint density at radius 3 is 2.50 bits per heavy atom. The van der Waals surface area contributed by atoms with E-state index in [0.29, 0.717) is 13.1 Å². The molecule has 0 aromatic rings. The van der Waals surface area contributed by atoms with Crippen LogP contribution in [0.15, 0.2) is 0 Å². The van der Waals surface area contributed by atoms with Crippen LogP contribution in [0.4, 0.5) is 0 Å². The van der Waals surface area contributed by atoms with Crippen LogP contribution in [0.5, 0.6) is 0 Å². The van der Waals surface area contributed by atoms with E-state index in [0.717, 1.165) is 6.42 Å². The Morgan fingerprint density at radius 2 is 2.06 bits per heavy atom. The Bertz CT molecular complexity index is 370. The van der Waals surface area contributed by atoms with Crippen molar-refractivity contribution < 1.29 is 13.2 Å². The maximum absolute atomic E-state index is 11.7. The summed E-state index contributed by atoms with van der Waals surface area (Å²) < 4.78 is 23.3. The topological polar surface area (TPSA) is 80.5 Å². The molecule has 18 heavy (non-hydrogen) atoms. The van der Waals surface area contributed by atoms with E-state index in [2.05, 4.69) is 0 Å². The molecule has 0 aliphatic carbocycles. The SMILES string of the molecule is CC(C)CS(=O)(=O)CCC(=O)N1CC[C@@H](N)C1.Cl. The molecule has 1 amide bonds. The fourth-order valence-corrected chi connectivity index (χ4v) is 3.67. The summed E-state index contributed by atoms with van der Waals surface area (Å²) in [7, 11) is -3.10. The van der Waals surface area contributed by atoms with Gasteiger partial charge in [0.25, 0.3) is 0 Å². The second kappa shape index (κ2) is 7.31. The van der Waals surface area contributed by atoms with Crippen molar-refractivity contribution in [3.05, 3.63) is 0 Å². The van der Waals surface area contributed by atoms with Crippen molar-refractivity contribution in [2.24, 2.45) is 11.7 Å². The fraction of sp³-hybridized carbons (Fsp3) is 0.909. The van der Waals surface area contributed by atoms with Crippen LogP contribution in [0.25, 0.3) is 0 Å². The molecule has 0 spiro atoms. The lowest BCUT2D eigenvalue weighted by atomic mass is 10.3. The second-order valence-corrected chi connectivity index (χ2v) is 7.38. The number of sulfone groups is 1. The summed E-state index contributed by atoms with van der Waals surface area (Å²) in [6, 6.07) is 0.0474. The van der Waals surface area contributed by atoms with Gasteiger partial charge in [0.2, 0.25) is 5.91 Å². The van der Waals surface area contributed by atoms with Crippen LogP contribution in [0.2, 0.25) is 0 Å². The summed E-state index contributed by atoms with van der Waals surface area (Å²) >= 11 is 0. The van der Waals surface area contributed by atoms with Crippen molar-refractivity contribution in [2.75, 3.05) is 24.6 Å². The van der Waals surface area contributed by atoms with Gasteiger partial charge in [0.05, 0.1) is 11.5 Å². The number of nitrogens with two attached hydrogens (primary N) is 1. The summed E-state index contributed by atoms with van der Waals surface area (Å²) in [5.41, 5.74) is 5.70. The van der Waals surface area contributed by atoms with Crippen molar-refractivity contribution in [3.8, 4) is 0 Å². The zero-order valence-corrected chi connectivity index (χ0v) is 12.6. The number of hydrogen-bond acceptors (Lipinski definition) is 4. The molecule has 0 radical (unpaired) electrons. The number of carbonyl (C=O) groups is 1. The molecule has 0 aromatic heterocycles. The lowest BCUT2D eigenvalue weighted by molar-refractivity contribution is -0.129. The lowest BCUT2D eigenvalue weighted by Crippen LogP contribution is -2.33. The number of hydrogen-bond donors (Lipinski definition) is 1. The molecule has 0 unspecified atom stereocenters. The van der Waals surface area contributed by atoms with Gasteiger partial charge < -0.3 is 10.6 Å². The third-order valence-corrected chi connectivity index (χ3v) is 4.79. The predicted octanol–water partition coefficient (Wildman–Crippen LogP) is 0.429. The van der Waals surface area contributed by atoms with E-state index >= 15 is 0 Å². The highest BCUT2D eigenvalue weighted by molar-refractivity contribution is 7.91. The molecule has 108 valence electrons. The molecule has 0 aromatic carbocycles. The van der Waals surface area contributed by atoms with Gasteiger partial charge in [-0.05, 0) is 12.3 Å². The molecule has 1 rings (SSSR count). The molecule has 1 heterocycles. The van der Waals surface area contributed by atoms with E-state index in [9.17, 15) is 13.2 Å². The van der Waals surface area contributed by atoms with E-state index in [4.69, 9.17) is 5.73 Å². The molecule has 5 nitrogen and oxygen atoms in total. The molecule has 1 saturated heterocycles. The number of carbonyl (C=O) groups excluding carboxylic acids is 1. The van der Waals surface area contributed by atoms with Crippen LogP contribution in [-0.4, -0.2) is 49.9 Å². The summed E-state index contributed by atoms with van der Waals surface area (Å²) in [5, 5.41) is 0. The minimum absolute atomic E-state index is 0. The number of likely N-dealkylation sites (tertiary alicyclic amines) is 1. The Labute approximate surface area is 115 Å². The van der Waals surface area contributed by atoms with Crippen molar-refractivity contribution >= 4 is 28.2 Å². The first-order chi connectivity index (χ1) is 7.80. The molecule has 2 N–H and O–H groups in total. The lowest BCUT2D eigenvalue weighted by Gasteiger charge is -2.15. The summed E-state index contributed by atoms with van der Waals surface area (Å²) in [4.78, 5) is 13.4. The first-order valence-electron chi connectivity index (χ1n) is 6.04. The molecule has 1 aliphatic heterocycles. The highest BCUT2D eigenvalue weighted by atomic mass is 35.5. The van der Waals surface area contributed by atoms with Gasteiger partial charge in [-0.3, -0.25) is 4.79 Å². The van der Waals surface area contributed by atoms with Gasteiger partial charge >= 0.3 is 0 Å². The summed E-state index contributed by atoms with van der Waals surface area (Å²) in [5.74, 6) is 0.121. The molecule has 1 aliphatic rings. The predicted molar refractivity (Wildman–Crippen MR) is 74.5 cm³/mol. The van der Waals surface area contributed by atoms with E-state index in [-0.39, 0.29) is 48.2 Å². The van der Waals surface area contributed by atoms with Crippen LogP contribution in [0, 0.1) is 5.92 Å². The van der Waals surface area contributed by atoms with Gasteiger partial charge in [-0.2, -0.15) is 0 Å². The number of amides is 1. The van der Waals surface area contributed by atoms with Gasteiger partial charge in [-0.1, -0.05) is 13.8 Å². The zero-order valence-electron chi connectivity index (χ0n) is 11.0. The highest BCUT2D eigenvalue weighted by Crippen LogP contribution is 2.10. The van der Waals surface area contributed by atoms with E-state index in [1.165, 1.54) is 0 Å². The number of rotatable bonds is 5. The molecular formula is C11H23ClN2O3S. The van der Waals surface area contributed by atoms with Crippen molar-refractivity contribution in [1.29, 1.82) is 0 Å². The Hall–Kier alpha value is -0.330. The fourth-order valence-electron chi connectivity index (χ4n) is 2.01. The van der Waals surface area contributed by atoms with Gasteiger partial charge in [-0.25, -0.2) is 8.42 Å². The molecule has 1 fully saturated rings. The van der Waals surface area contributed by atoms with Gasteiger partial charge in [0.1, 0.15) is 0 Å². The average Bonchev–Trinajstić information content (AvgIpc) is 2.59. The minimum Gasteiger partial charge on any atom is -0.341 e. The molecular weight excluding hydrogens is 276 g/mol. The van der Waals surface area contributed by atoms with Crippen LogP contribution in [0.1, 0.15) is 26.7 Å². The van der Waals surface area contributed by atoms with E-state index < -0.39 is 9.84 Å². The Kier molecular flexibility index (Phi) is 7.17. The molecule has 0 bridgehead atoms. The largest absolute Gasteiger partial charge is 0.341 e. The van der Waals surface area contributed by atoms with Gasteiger partial charge in [0.15, 0.2) is 9.84 Å².